The zero-order chi connectivity index (χ0) is 23.8. The van der Waals surface area contributed by atoms with Gasteiger partial charge in [0.15, 0.2) is 0 Å². The number of ether oxygens (including phenoxy) is 2. The van der Waals surface area contributed by atoms with Gasteiger partial charge in [-0.2, -0.15) is 0 Å². The molecule has 0 spiro atoms. The number of hydrogen-bond donors (Lipinski definition) is 2. The molecule has 2 aromatic rings. The molecule has 0 aromatic heterocycles. The number of carbonyl (C=O) groups is 3. The number of nitrogens with one attached hydrogen (secondary N) is 1. The van der Waals surface area contributed by atoms with E-state index in [4.69, 9.17) is 14.6 Å². The predicted octanol–water partition coefficient (Wildman–Crippen LogP) is 3.25. The minimum absolute atomic E-state index is 0.000140. The lowest BCUT2D eigenvalue weighted by atomic mass is 9.98. The zero-order valence-corrected chi connectivity index (χ0v) is 19.0. The smallest absolute Gasteiger partial charge is 0.407 e. The average molecular weight is 455 g/mol. The monoisotopic (exact) mass is 454 g/mol. The summed E-state index contributed by atoms with van der Waals surface area (Å²) < 4.78 is 10.8. The summed E-state index contributed by atoms with van der Waals surface area (Å²) in [5.74, 6) is -1.32. The first-order chi connectivity index (χ1) is 15.9. The fourth-order valence-corrected chi connectivity index (χ4v) is 4.10. The summed E-state index contributed by atoms with van der Waals surface area (Å²) in [7, 11) is 1.48. The van der Waals surface area contributed by atoms with E-state index in [-0.39, 0.29) is 44.6 Å². The third kappa shape index (κ3) is 5.90. The molecule has 3 rings (SSSR count). The first-order valence-corrected chi connectivity index (χ1v) is 11.1. The van der Waals surface area contributed by atoms with Gasteiger partial charge in [-0.25, -0.2) is 9.59 Å². The number of hydrogen-bond acceptors (Lipinski definition) is 5. The molecule has 8 nitrogen and oxygen atoms in total. The van der Waals surface area contributed by atoms with Crippen LogP contribution in [0.2, 0.25) is 0 Å². The maximum atomic E-state index is 12.1. The van der Waals surface area contributed by atoms with Crippen LogP contribution in [-0.2, 0) is 19.1 Å². The third-order valence-electron chi connectivity index (χ3n) is 5.85. The molecular weight excluding hydrogens is 424 g/mol. The van der Waals surface area contributed by atoms with Crippen LogP contribution in [0.25, 0.3) is 11.1 Å². The van der Waals surface area contributed by atoms with Crippen molar-refractivity contribution < 1.29 is 29.0 Å². The molecule has 0 aliphatic heterocycles. The lowest BCUT2D eigenvalue weighted by Gasteiger charge is -2.23. The summed E-state index contributed by atoms with van der Waals surface area (Å²) in [5, 5.41) is 11.8. The van der Waals surface area contributed by atoms with Gasteiger partial charge < -0.3 is 24.8 Å². The van der Waals surface area contributed by atoms with E-state index in [1.54, 1.807) is 6.92 Å². The van der Waals surface area contributed by atoms with E-state index in [0.717, 1.165) is 11.1 Å². The van der Waals surface area contributed by atoms with Crippen LogP contribution in [0.5, 0.6) is 0 Å². The lowest BCUT2D eigenvalue weighted by Crippen LogP contribution is -2.42. The highest BCUT2D eigenvalue weighted by Crippen LogP contribution is 2.44. The summed E-state index contributed by atoms with van der Waals surface area (Å²) in [5.41, 5.74) is 4.64. The minimum atomic E-state index is -1.03. The SMILES string of the molecule is CCC(C(=O)O)N(C)C(=O)CCOCCNC(=O)OCC1c2ccccc2-c2ccccc21. The van der Waals surface area contributed by atoms with Gasteiger partial charge >= 0.3 is 12.1 Å². The predicted molar refractivity (Wildman–Crippen MR) is 123 cm³/mol. The van der Waals surface area contributed by atoms with Crippen LogP contribution in [0.4, 0.5) is 4.79 Å². The minimum Gasteiger partial charge on any atom is -0.480 e. The first kappa shape index (κ1) is 24.3. The third-order valence-corrected chi connectivity index (χ3v) is 5.85. The van der Waals surface area contributed by atoms with E-state index in [9.17, 15) is 14.4 Å². The van der Waals surface area contributed by atoms with Gasteiger partial charge in [-0.05, 0) is 28.7 Å². The molecule has 2 N–H and O–H groups in total. The van der Waals surface area contributed by atoms with E-state index in [1.165, 1.54) is 23.1 Å². The van der Waals surface area contributed by atoms with Crippen LogP contribution >= 0.6 is 0 Å². The Balaban J connectivity index is 1.36. The van der Waals surface area contributed by atoms with Crippen LogP contribution in [0.15, 0.2) is 48.5 Å². The van der Waals surface area contributed by atoms with Gasteiger partial charge in [-0.15, -0.1) is 0 Å². The van der Waals surface area contributed by atoms with Crippen molar-refractivity contribution in [3.8, 4) is 11.1 Å². The normalized spacial score (nSPS) is 13.0. The van der Waals surface area contributed by atoms with Crippen LogP contribution in [0, 0.1) is 0 Å². The van der Waals surface area contributed by atoms with Crippen molar-refractivity contribution in [2.75, 3.05) is 33.4 Å². The van der Waals surface area contributed by atoms with Gasteiger partial charge in [0.25, 0.3) is 0 Å². The number of benzene rings is 2. The number of nitrogens with zero attached hydrogens (tertiary/aromatic N) is 1. The molecule has 176 valence electrons. The number of carboxylic acid groups (broad SMARTS) is 1. The number of fused-ring (bicyclic) bond motifs is 3. The second-order valence-electron chi connectivity index (χ2n) is 7.88. The summed E-state index contributed by atoms with van der Waals surface area (Å²) >= 11 is 0. The van der Waals surface area contributed by atoms with Crippen LogP contribution < -0.4 is 5.32 Å². The summed E-state index contributed by atoms with van der Waals surface area (Å²) in [6.07, 6.45) is -0.114. The first-order valence-electron chi connectivity index (χ1n) is 11.1. The number of carboxylic acids is 1. The molecule has 0 heterocycles. The fraction of sp³-hybridized carbons (Fsp3) is 0.400. The maximum absolute atomic E-state index is 12.1. The Kier molecular flexibility index (Phi) is 8.43. The number of likely N-dealkylation sites (N-methyl/N-ethyl adjacent to an activating group) is 1. The van der Waals surface area contributed by atoms with E-state index >= 15 is 0 Å². The molecular formula is C25H30N2O6. The number of amides is 2. The van der Waals surface area contributed by atoms with Gasteiger partial charge in [-0.1, -0.05) is 55.5 Å². The number of rotatable bonds is 11. The Morgan fingerprint density at radius 2 is 1.64 bits per heavy atom. The molecule has 0 radical (unpaired) electrons. The molecule has 33 heavy (non-hydrogen) atoms. The average Bonchev–Trinajstić information content (AvgIpc) is 3.13. The van der Waals surface area contributed by atoms with E-state index in [1.807, 2.05) is 24.3 Å². The highest BCUT2D eigenvalue weighted by molar-refractivity contribution is 5.83. The molecule has 8 heteroatoms. The quantitative estimate of drug-likeness (QED) is 0.505. The van der Waals surface area contributed by atoms with Crippen molar-refractivity contribution in [1.29, 1.82) is 0 Å². The summed E-state index contributed by atoms with van der Waals surface area (Å²) in [6, 6.07) is 15.4. The lowest BCUT2D eigenvalue weighted by molar-refractivity contribution is -0.149. The zero-order valence-electron chi connectivity index (χ0n) is 19.0. The highest BCUT2D eigenvalue weighted by Gasteiger charge is 2.29. The number of carbonyl (C=O) groups excluding carboxylic acids is 2. The Morgan fingerprint density at radius 3 is 2.21 bits per heavy atom. The van der Waals surface area contributed by atoms with E-state index < -0.39 is 18.1 Å². The van der Waals surface area contributed by atoms with E-state index in [0.29, 0.717) is 6.42 Å². The van der Waals surface area contributed by atoms with Crippen molar-refractivity contribution >= 4 is 18.0 Å². The van der Waals surface area contributed by atoms with Crippen LogP contribution in [-0.4, -0.2) is 67.4 Å². The van der Waals surface area contributed by atoms with Crippen molar-refractivity contribution in [2.45, 2.75) is 31.7 Å². The fourth-order valence-electron chi connectivity index (χ4n) is 4.10. The molecule has 1 aliphatic rings. The summed E-state index contributed by atoms with van der Waals surface area (Å²) in [4.78, 5) is 36.5. The van der Waals surface area contributed by atoms with Crippen LogP contribution in [0.1, 0.15) is 36.8 Å². The Labute approximate surface area is 193 Å². The standard InChI is InChI=1S/C25H30N2O6/c1-3-22(24(29)30)27(2)23(28)12-14-32-15-13-26-25(31)33-16-21-19-10-6-4-8-17(19)18-9-5-7-11-20(18)21/h4-11,21-22H,3,12-16H2,1-2H3,(H,26,31)(H,29,30). The molecule has 0 fully saturated rings. The Hall–Kier alpha value is -3.39. The molecule has 0 saturated heterocycles. The number of aliphatic carboxylic acids is 1. The van der Waals surface area contributed by atoms with Crippen molar-refractivity contribution in [1.82, 2.24) is 10.2 Å². The van der Waals surface area contributed by atoms with Gasteiger partial charge in [0.05, 0.1) is 19.6 Å². The molecule has 2 aromatic carbocycles. The molecule has 0 saturated carbocycles. The molecule has 0 bridgehead atoms. The van der Waals surface area contributed by atoms with Gasteiger partial charge in [-0.3, -0.25) is 4.79 Å². The van der Waals surface area contributed by atoms with E-state index in [2.05, 4.69) is 29.6 Å². The highest BCUT2D eigenvalue weighted by atomic mass is 16.5. The second-order valence-corrected chi connectivity index (χ2v) is 7.88. The second kappa shape index (κ2) is 11.5. The molecule has 2 amide bonds. The van der Waals surface area contributed by atoms with Crippen molar-refractivity contribution in [2.24, 2.45) is 0 Å². The largest absolute Gasteiger partial charge is 0.480 e. The van der Waals surface area contributed by atoms with Crippen molar-refractivity contribution in [3.63, 3.8) is 0 Å². The van der Waals surface area contributed by atoms with Gasteiger partial charge in [0.1, 0.15) is 12.6 Å². The van der Waals surface area contributed by atoms with Crippen molar-refractivity contribution in [3.05, 3.63) is 59.7 Å². The Morgan fingerprint density at radius 1 is 1.03 bits per heavy atom. The Bertz CT molecular complexity index is 947. The van der Waals surface area contributed by atoms with Gasteiger partial charge in [0.2, 0.25) is 5.91 Å². The molecule has 1 aliphatic carbocycles. The number of alkyl carbamates (subject to hydrolysis) is 1. The molecule has 1 unspecified atom stereocenters. The summed E-state index contributed by atoms with van der Waals surface area (Å²) in [6.45, 7) is 2.56. The van der Waals surface area contributed by atoms with Gasteiger partial charge in [0, 0.05) is 19.5 Å². The maximum Gasteiger partial charge on any atom is 0.407 e. The van der Waals surface area contributed by atoms with Crippen LogP contribution in [0.3, 0.4) is 0 Å². The molecule has 1 atom stereocenters. The topological polar surface area (TPSA) is 105 Å².